The lowest BCUT2D eigenvalue weighted by molar-refractivity contribution is -0.122. The predicted octanol–water partition coefficient (Wildman–Crippen LogP) is 2.78. The van der Waals surface area contributed by atoms with Gasteiger partial charge in [-0.05, 0) is 30.3 Å². The smallest absolute Gasteiger partial charge is 0.267 e. The molecule has 2 aromatic carbocycles. The summed E-state index contributed by atoms with van der Waals surface area (Å²) in [6.07, 6.45) is -0.341. The normalized spacial score (nSPS) is 16.6. The van der Waals surface area contributed by atoms with E-state index in [1.807, 2.05) is 0 Å². The van der Waals surface area contributed by atoms with Crippen LogP contribution < -0.4 is 14.4 Å². The molecule has 0 saturated heterocycles. The Labute approximate surface area is 153 Å². The Bertz CT molecular complexity index is 964. The van der Waals surface area contributed by atoms with Crippen molar-refractivity contribution in [3.05, 3.63) is 53.1 Å². The number of halogens is 3. The summed E-state index contributed by atoms with van der Waals surface area (Å²) in [4.78, 5) is 12.4. The van der Waals surface area contributed by atoms with Crippen LogP contribution in [0.2, 0.25) is 5.02 Å². The van der Waals surface area contributed by atoms with Gasteiger partial charge in [0.15, 0.2) is 6.10 Å². The molecular formula is C16H13ClF2N2O4S. The summed E-state index contributed by atoms with van der Waals surface area (Å²) in [7, 11) is -3.75. The van der Waals surface area contributed by atoms with Gasteiger partial charge >= 0.3 is 0 Å². The molecule has 1 aliphatic heterocycles. The van der Waals surface area contributed by atoms with E-state index in [-0.39, 0.29) is 23.0 Å². The SMILES string of the molecule is CS(=O)(=O)N1C[C@@H](C(=O)Nc2c(F)cccc2F)Oc2ccc(Cl)cc21. The molecule has 138 valence electrons. The van der Waals surface area contributed by atoms with E-state index >= 15 is 0 Å². The van der Waals surface area contributed by atoms with E-state index in [0.29, 0.717) is 0 Å². The lowest BCUT2D eigenvalue weighted by Gasteiger charge is -2.34. The lowest BCUT2D eigenvalue weighted by atomic mass is 10.2. The molecule has 2 aromatic rings. The number of anilines is 2. The molecule has 10 heteroatoms. The zero-order valence-electron chi connectivity index (χ0n) is 13.4. The maximum Gasteiger partial charge on any atom is 0.267 e. The largest absolute Gasteiger partial charge is 0.476 e. The fourth-order valence-electron chi connectivity index (χ4n) is 2.50. The number of hydrogen-bond donors (Lipinski definition) is 1. The van der Waals surface area contributed by atoms with Gasteiger partial charge in [-0.2, -0.15) is 0 Å². The predicted molar refractivity (Wildman–Crippen MR) is 93.0 cm³/mol. The first-order valence-corrected chi connectivity index (χ1v) is 9.58. The van der Waals surface area contributed by atoms with E-state index in [1.54, 1.807) is 0 Å². The molecule has 0 fully saturated rings. The van der Waals surface area contributed by atoms with Gasteiger partial charge in [0, 0.05) is 5.02 Å². The van der Waals surface area contributed by atoms with Crippen molar-refractivity contribution in [2.24, 2.45) is 0 Å². The van der Waals surface area contributed by atoms with Crippen LogP contribution in [0.15, 0.2) is 36.4 Å². The first-order chi connectivity index (χ1) is 12.2. The first kappa shape index (κ1) is 18.4. The molecule has 6 nitrogen and oxygen atoms in total. The molecule has 1 atom stereocenters. The molecule has 0 radical (unpaired) electrons. The van der Waals surface area contributed by atoms with Gasteiger partial charge in [-0.3, -0.25) is 9.10 Å². The molecule has 0 aliphatic carbocycles. The van der Waals surface area contributed by atoms with Crippen molar-refractivity contribution < 1.29 is 26.7 Å². The number of para-hydroxylation sites is 1. The second-order valence-corrected chi connectivity index (χ2v) is 7.94. The molecule has 1 aliphatic rings. The van der Waals surface area contributed by atoms with E-state index in [1.165, 1.54) is 18.2 Å². The van der Waals surface area contributed by atoms with Crippen LogP contribution in [0.4, 0.5) is 20.2 Å². The van der Waals surface area contributed by atoms with Crippen molar-refractivity contribution >= 4 is 38.9 Å². The number of fused-ring (bicyclic) bond motifs is 1. The third kappa shape index (κ3) is 3.58. The fourth-order valence-corrected chi connectivity index (χ4v) is 3.57. The van der Waals surface area contributed by atoms with Gasteiger partial charge in [0.2, 0.25) is 10.0 Å². The summed E-state index contributed by atoms with van der Waals surface area (Å²) in [5.74, 6) is -2.69. The highest BCUT2D eigenvalue weighted by molar-refractivity contribution is 7.92. The number of hydrogen-bond acceptors (Lipinski definition) is 4. The number of carbonyl (C=O) groups excluding carboxylic acids is 1. The lowest BCUT2D eigenvalue weighted by Crippen LogP contribution is -2.48. The topological polar surface area (TPSA) is 75.7 Å². The number of rotatable bonds is 3. The molecular weight excluding hydrogens is 390 g/mol. The number of amides is 1. The Morgan fingerprint density at radius 3 is 2.54 bits per heavy atom. The zero-order valence-corrected chi connectivity index (χ0v) is 14.9. The molecule has 26 heavy (non-hydrogen) atoms. The first-order valence-electron chi connectivity index (χ1n) is 7.35. The minimum Gasteiger partial charge on any atom is -0.476 e. The summed E-state index contributed by atoms with van der Waals surface area (Å²) >= 11 is 5.89. The Balaban J connectivity index is 1.92. The monoisotopic (exact) mass is 402 g/mol. The van der Waals surface area contributed by atoms with Crippen LogP contribution in [-0.4, -0.2) is 33.2 Å². The summed E-state index contributed by atoms with van der Waals surface area (Å²) in [5, 5.41) is 2.39. The summed E-state index contributed by atoms with van der Waals surface area (Å²) < 4.78 is 58.0. The summed E-state index contributed by atoms with van der Waals surface area (Å²) in [6.45, 7) is -0.367. The van der Waals surface area contributed by atoms with E-state index in [9.17, 15) is 22.0 Å². The molecule has 1 heterocycles. The molecule has 0 unspecified atom stereocenters. The fraction of sp³-hybridized carbons (Fsp3) is 0.188. The number of sulfonamides is 1. The van der Waals surface area contributed by atoms with Crippen molar-refractivity contribution in [1.82, 2.24) is 0 Å². The van der Waals surface area contributed by atoms with E-state index in [2.05, 4.69) is 5.32 Å². The van der Waals surface area contributed by atoms with Crippen LogP contribution in [0.3, 0.4) is 0 Å². The molecule has 0 saturated carbocycles. The van der Waals surface area contributed by atoms with Gasteiger partial charge in [0.05, 0.1) is 18.5 Å². The number of nitrogens with one attached hydrogen (secondary N) is 1. The maximum atomic E-state index is 13.7. The average Bonchev–Trinajstić information content (AvgIpc) is 2.56. The number of benzene rings is 2. The van der Waals surface area contributed by atoms with E-state index in [4.69, 9.17) is 16.3 Å². The van der Waals surface area contributed by atoms with Gasteiger partial charge in [-0.25, -0.2) is 17.2 Å². The second-order valence-electron chi connectivity index (χ2n) is 5.60. The van der Waals surface area contributed by atoms with Gasteiger partial charge in [0.1, 0.15) is 23.1 Å². The van der Waals surface area contributed by atoms with Crippen LogP contribution >= 0.6 is 11.6 Å². The van der Waals surface area contributed by atoms with Crippen LogP contribution in [0.5, 0.6) is 5.75 Å². The highest BCUT2D eigenvalue weighted by atomic mass is 35.5. The maximum absolute atomic E-state index is 13.7. The number of nitrogens with zero attached hydrogens (tertiary/aromatic N) is 1. The van der Waals surface area contributed by atoms with Crippen molar-refractivity contribution in [2.75, 3.05) is 22.4 Å². The quantitative estimate of drug-likeness (QED) is 0.856. The minimum absolute atomic E-state index is 0.111. The minimum atomic E-state index is -3.75. The second kappa shape index (κ2) is 6.73. The molecule has 0 bridgehead atoms. The van der Waals surface area contributed by atoms with Crippen LogP contribution in [0, 0.1) is 11.6 Å². The number of ether oxygens (including phenoxy) is 1. The standard InChI is InChI=1S/C16H13ClF2N2O4S/c1-26(23,24)21-8-14(25-13-6-5-9(17)7-12(13)21)16(22)20-15-10(18)3-2-4-11(15)19/h2-7,14H,8H2,1H3,(H,20,22)/t14-/m0/s1. The van der Waals surface area contributed by atoms with Crippen molar-refractivity contribution in [1.29, 1.82) is 0 Å². The Kier molecular flexibility index (Phi) is 4.76. The summed E-state index contributed by atoms with van der Waals surface area (Å²) in [5.41, 5.74) is -0.449. The average molecular weight is 403 g/mol. The van der Waals surface area contributed by atoms with Crippen LogP contribution in [-0.2, 0) is 14.8 Å². The van der Waals surface area contributed by atoms with Crippen LogP contribution in [0.25, 0.3) is 0 Å². The van der Waals surface area contributed by atoms with E-state index in [0.717, 1.165) is 28.8 Å². The molecule has 1 N–H and O–H groups in total. The highest BCUT2D eigenvalue weighted by Crippen LogP contribution is 2.37. The van der Waals surface area contributed by atoms with Gasteiger partial charge < -0.3 is 10.1 Å². The number of carbonyl (C=O) groups is 1. The van der Waals surface area contributed by atoms with Gasteiger partial charge in [0.25, 0.3) is 5.91 Å². The highest BCUT2D eigenvalue weighted by Gasteiger charge is 2.35. The molecule has 0 spiro atoms. The van der Waals surface area contributed by atoms with Crippen molar-refractivity contribution in [3.8, 4) is 5.75 Å². The third-order valence-electron chi connectivity index (χ3n) is 3.69. The van der Waals surface area contributed by atoms with Gasteiger partial charge in [-0.1, -0.05) is 17.7 Å². The third-order valence-corrected chi connectivity index (χ3v) is 5.08. The Morgan fingerprint density at radius 1 is 1.27 bits per heavy atom. The summed E-state index contributed by atoms with van der Waals surface area (Å²) in [6, 6.07) is 7.41. The zero-order chi connectivity index (χ0) is 19.1. The van der Waals surface area contributed by atoms with Gasteiger partial charge in [-0.15, -0.1) is 0 Å². The molecule has 3 rings (SSSR count). The van der Waals surface area contributed by atoms with Crippen LogP contribution in [0.1, 0.15) is 0 Å². The molecule has 0 aromatic heterocycles. The Hall–Kier alpha value is -2.39. The Morgan fingerprint density at radius 2 is 1.92 bits per heavy atom. The molecule has 1 amide bonds. The van der Waals surface area contributed by atoms with E-state index < -0.39 is 39.4 Å². The van der Waals surface area contributed by atoms with Crippen molar-refractivity contribution in [2.45, 2.75) is 6.10 Å². The van der Waals surface area contributed by atoms with Crippen molar-refractivity contribution in [3.63, 3.8) is 0 Å².